The van der Waals surface area contributed by atoms with E-state index in [1.165, 1.54) is 0 Å². The highest BCUT2D eigenvalue weighted by atomic mass is 16.5. The van der Waals surface area contributed by atoms with Gasteiger partial charge in [-0.1, -0.05) is 44.2 Å². The van der Waals surface area contributed by atoms with Crippen LogP contribution in [-0.4, -0.2) is 58.4 Å². The van der Waals surface area contributed by atoms with Crippen LogP contribution < -0.4 is 5.32 Å². The molecule has 0 saturated heterocycles. The van der Waals surface area contributed by atoms with Crippen molar-refractivity contribution in [2.75, 3.05) is 32.8 Å². The molecule has 0 fully saturated rings. The van der Waals surface area contributed by atoms with Crippen molar-refractivity contribution < 1.29 is 9.53 Å². The van der Waals surface area contributed by atoms with Gasteiger partial charge in [-0.05, 0) is 20.0 Å². The molecule has 0 bridgehead atoms. The van der Waals surface area contributed by atoms with Crippen molar-refractivity contribution >= 4 is 5.91 Å². The lowest BCUT2D eigenvalue weighted by Crippen LogP contribution is -2.53. The van der Waals surface area contributed by atoms with Crippen molar-refractivity contribution in [3.05, 3.63) is 36.2 Å². The van der Waals surface area contributed by atoms with Crippen LogP contribution in [0.4, 0.5) is 0 Å². The van der Waals surface area contributed by atoms with Gasteiger partial charge in [-0.2, -0.15) is 0 Å². The summed E-state index contributed by atoms with van der Waals surface area (Å²) in [5.74, 6) is 1.31. The number of carbonyl (C=O) groups excluding carboxylic acids is 1. The summed E-state index contributed by atoms with van der Waals surface area (Å²) in [7, 11) is 0. The molecule has 0 spiro atoms. The summed E-state index contributed by atoms with van der Waals surface area (Å²) in [6.07, 6.45) is 0. The highest BCUT2D eigenvalue weighted by Gasteiger charge is 2.42. The van der Waals surface area contributed by atoms with E-state index in [-0.39, 0.29) is 5.91 Å². The molecule has 1 N–H and O–H groups in total. The van der Waals surface area contributed by atoms with E-state index in [4.69, 9.17) is 4.74 Å². The van der Waals surface area contributed by atoms with Gasteiger partial charge in [-0.3, -0.25) is 9.36 Å². The molecule has 0 radical (unpaired) electrons. The fourth-order valence-electron chi connectivity index (χ4n) is 3.33. The Bertz CT molecular complexity index is 742. The first-order valence-electron chi connectivity index (χ1n) is 9.18. The molecule has 26 heavy (non-hydrogen) atoms. The summed E-state index contributed by atoms with van der Waals surface area (Å²) in [6.45, 7) is 10.2. The molecule has 0 aliphatic carbocycles. The Balaban J connectivity index is 1.83. The highest BCUT2D eigenvalue weighted by molar-refractivity contribution is 5.85. The predicted molar refractivity (Wildman–Crippen MR) is 99.6 cm³/mol. The Labute approximate surface area is 154 Å². The average Bonchev–Trinajstić information content (AvgIpc) is 3.11. The van der Waals surface area contributed by atoms with Crippen molar-refractivity contribution in [2.24, 2.45) is 0 Å². The summed E-state index contributed by atoms with van der Waals surface area (Å²) in [6, 6.07) is 9.83. The van der Waals surface area contributed by atoms with Crippen LogP contribution in [0.1, 0.15) is 26.6 Å². The normalized spacial score (nSPS) is 19.4. The first-order chi connectivity index (χ1) is 12.6. The maximum atomic E-state index is 13.0. The lowest BCUT2D eigenvalue weighted by Gasteiger charge is -2.35. The van der Waals surface area contributed by atoms with E-state index in [2.05, 4.69) is 34.3 Å². The molecule has 2 aromatic rings. The third kappa shape index (κ3) is 3.50. The van der Waals surface area contributed by atoms with Crippen molar-refractivity contribution in [1.29, 1.82) is 0 Å². The van der Waals surface area contributed by atoms with Crippen molar-refractivity contribution in [3.8, 4) is 11.4 Å². The number of hydrogen-bond donors (Lipinski definition) is 1. The first kappa shape index (κ1) is 18.5. The fraction of sp³-hybridized carbons (Fsp3) is 0.526. The molecule has 140 valence electrons. The van der Waals surface area contributed by atoms with Gasteiger partial charge in [0.25, 0.3) is 0 Å². The van der Waals surface area contributed by atoms with Gasteiger partial charge in [-0.25, -0.2) is 0 Å². The van der Waals surface area contributed by atoms with Gasteiger partial charge in [0.2, 0.25) is 5.91 Å². The van der Waals surface area contributed by atoms with Crippen LogP contribution in [0, 0.1) is 0 Å². The zero-order chi connectivity index (χ0) is 18.6. The molecule has 3 rings (SSSR count). The molecule has 1 unspecified atom stereocenters. The lowest BCUT2D eigenvalue weighted by molar-refractivity contribution is -0.135. The van der Waals surface area contributed by atoms with E-state index >= 15 is 0 Å². The standard InChI is InChI=1S/C19H27N5O2/c1-4-23(5-2)12-11-20-18(25)19(3)14-26-13-16-21-22-17(24(16)19)15-9-7-6-8-10-15/h6-10H,4-5,11-14H2,1-3H3,(H,20,25). The van der Waals surface area contributed by atoms with E-state index in [9.17, 15) is 4.79 Å². The summed E-state index contributed by atoms with van der Waals surface area (Å²) < 4.78 is 7.59. The van der Waals surface area contributed by atoms with Crippen LogP contribution in [0.15, 0.2) is 30.3 Å². The molecule has 0 saturated carbocycles. The second-order valence-corrected chi connectivity index (χ2v) is 6.69. The Hall–Kier alpha value is -2.25. The van der Waals surface area contributed by atoms with Crippen molar-refractivity contribution in [2.45, 2.75) is 32.9 Å². The third-order valence-electron chi connectivity index (χ3n) is 4.97. The number of hydrogen-bond acceptors (Lipinski definition) is 5. The summed E-state index contributed by atoms with van der Waals surface area (Å²) >= 11 is 0. The Morgan fingerprint density at radius 1 is 1.27 bits per heavy atom. The minimum Gasteiger partial charge on any atom is -0.370 e. The fourth-order valence-corrected chi connectivity index (χ4v) is 3.33. The second kappa shape index (κ2) is 7.97. The number of ether oxygens (including phenoxy) is 1. The Morgan fingerprint density at radius 3 is 2.69 bits per heavy atom. The smallest absolute Gasteiger partial charge is 0.248 e. The largest absolute Gasteiger partial charge is 0.370 e. The monoisotopic (exact) mass is 357 g/mol. The summed E-state index contributed by atoms with van der Waals surface area (Å²) in [5.41, 5.74) is 0.0706. The van der Waals surface area contributed by atoms with Gasteiger partial charge in [-0.15, -0.1) is 10.2 Å². The Morgan fingerprint density at radius 2 is 2.00 bits per heavy atom. The zero-order valence-electron chi connectivity index (χ0n) is 15.7. The van der Waals surface area contributed by atoms with Gasteiger partial charge in [0, 0.05) is 18.7 Å². The van der Waals surface area contributed by atoms with Gasteiger partial charge >= 0.3 is 0 Å². The first-order valence-corrected chi connectivity index (χ1v) is 9.18. The molecule has 7 heteroatoms. The van der Waals surface area contributed by atoms with Crippen LogP contribution in [0.25, 0.3) is 11.4 Å². The van der Waals surface area contributed by atoms with Gasteiger partial charge in [0.15, 0.2) is 11.6 Å². The number of amides is 1. The number of aromatic nitrogens is 3. The van der Waals surface area contributed by atoms with E-state index < -0.39 is 5.54 Å². The number of rotatable bonds is 7. The minimum absolute atomic E-state index is 0.0670. The van der Waals surface area contributed by atoms with E-state index in [0.29, 0.717) is 31.4 Å². The van der Waals surface area contributed by atoms with Gasteiger partial charge in [0.1, 0.15) is 12.1 Å². The van der Waals surface area contributed by atoms with Crippen LogP contribution in [0.5, 0.6) is 0 Å². The van der Waals surface area contributed by atoms with Gasteiger partial charge in [0.05, 0.1) is 6.61 Å². The number of benzene rings is 1. The number of carbonyl (C=O) groups is 1. The Kier molecular flexibility index (Phi) is 5.68. The third-order valence-corrected chi connectivity index (χ3v) is 4.97. The van der Waals surface area contributed by atoms with Crippen LogP contribution >= 0.6 is 0 Å². The van der Waals surface area contributed by atoms with Crippen molar-refractivity contribution in [1.82, 2.24) is 25.0 Å². The number of nitrogens with one attached hydrogen (secondary N) is 1. The number of nitrogens with zero attached hydrogens (tertiary/aromatic N) is 4. The molecule has 2 heterocycles. The van der Waals surface area contributed by atoms with Crippen LogP contribution in [-0.2, 0) is 21.7 Å². The maximum absolute atomic E-state index is 13.0. The summed E-state index contributed by atoms with van der Waals surface area (Å²) in [5, 5.41) is 11.6. The topological polar surface area (TPSA) is 72.3 Å². The van der Waals surface area contributed by atoms with Gasteiger partial charge < -0.3 is 15.0 Å². The molecule has 1 aromatic carbocycles. The summed E-state index contributed by atoms with van der Waals surface area (Å²) in [4.78, 5) is 15.3. The molecule has 7 nitrogen and oxygen atoms in total. The quantitative estimate of drug-likeness (QED) is 0.816. The minimum atomic E-state index is -0.870. The molecule has 1 aromatic heterocycles. The molecular weight excluding hydrogens is 330 g/mol. The molecule has 1 amide bonds. The maximum Gasteiger partial charge on any atom is 0.248 e. The van der Waals surface area contributed by atoms with Crippen molar-refractivity contribution in [3.63, 3.8) is 0 Å². The van der Waals surface area contributed by atoms with Crippen LogP contribution in [0.2, 0.25) is 0 Å². The number of fused-ring (bicyclic) bond motifs is 1. The average molecular weight is 357 g/mol. The lowest BCUT2D eigenvalue weighted by atomic mass is 9.99. The SMILES string of the molecule is CCN(CC)CCNC(=O)C1(C)COCc2nnc(-c3ccccc3)n21. The zero-order valence-corrected chi connectivity index (χ0v) is 15.7. The van der Waals surface area contributed by atoms with E-state index in [0.717, 1.165) is 25.2 Å². The molecule has 1 atom stereocenters. The van der Waals surface area contributed by atoms with E-state index in [1.54, 1.807) is 0 Å². The molecule has 1 aliphatic rings. The predicted octanol–water partition coefficient (Wildman–Crippen LogP) is 1.65. The highest BCUT2D eigenvalue weighted by Crippen LogP contribution is 2.30. The second-order valence-electron chi connectivity index (χ2n) is 6.69. The molecule has 1 aliphatic heterocycles. The molecular formula is C19H27N5O2. The van der Waals surface area contributed by atoms with E-state index in [1.807, 2.05) is 41.8 Å². The van der Waals surface area contributed by atoms with Crippen LogP contribution in [0.3, 0.4) is 0 Å². The number of likely N-dealkylation sites (N-methyl/N-ethyl adjacent to an activating group) is 1.